The summed E-state index contributed by atoms with van der Waals surface area (Å²) in [7, 11) is 0. The molecule has 4 nitrogen and oxygen atoms in total. The molecular formula is C12H12BrN3O. The summed E-state index contributed by atoms with van der Waals surface area (Å²) < 4.78 is 0.908. The van der Waals surface area contributed by atoms with Crippen LogP contribution in [0.25, 0.3) is 0 Å². The number of hydrogen-bond donors (Lipinski definition) is 2. The third kappa shape index (κ3) is 3.17. The first-order valence-corrected chi connectivity index (χ1v) is 5.97. The molecule has 0 aliphatic rings. The first kappa shape index (κ1) is 11.9. The lowest BCUT2D eigenvalue weighted by molar-refractivity contribution is 0.0951. The zero-order valence-corrected chi connectivity index (χ0v) is 10.9. The highest BCUT2D eigenvalue weighted by atomic mass is 79.9. The number of aryl methyl sites for hydroxylation is 1. The third-order valence-electron chi connectivity index (χ3n) is 2.31. The van der Waals surface area contributed by atoms with E-state index in [-0.39, 0.29) is 5.91 Å². The van der Waals surface area contributed by atoms with Crippen molar-refractivity contribution >= 4 is 21.8 Å². The Labute approximate surface area is 108 Å². The summed E-state index contributed by atoms with van der Waals surface area (Å²) in [6, 6.07) is 5.63. The van der Waals surface area contributed by atoms with Crippen LogP contribution in [-0.4, -0.2) is 16.1 Å². The van der Waals surface area contributed by atoms with E-state index in [0.717, 1.165) is 15.6 Å². The summed E-state index contributed by atoms with van der Waals surface area (Å²) in [6.45, 7) is 2.43. The van der Waals surface area contributed by atoms with E-state index in [1.165, 1.54) is 0 Å². The number of aromatic nitrogens is 2. The van der Waals surface area contributed by atoms with Crippen molar-refractivity contribution in [3.8, 4) is 0 Å². The molecule has 0 aliphatic carbocycles. The highest BCUT2D eigenvalue weighted by molar-refractivity contribution is 9.10. The molecule has 0 atom stereocenters. The van der Waals surface area contributed by atoms with Gasteiger partial charge in [-0.3, -0.25) is 9.89 Å². The fraction of sp³-hybridized carbons (Fsp3) is 0.167. The Balaban J connectivity index is 2.04. The van der Waals surface area contributed by atoms with Crippen molar-refractivity contribution in [1.29, 1.82) is 0 Å². The maximum Gasteiger partial charge on any atom is 0.251 e. The molecule has 0 unspecified atom stereocenters. The van der Waals surface area contributed by atoms with E-state index in [2.05, 4.69) is 31.4 Å². The standard InChI is InChI=1S/C12H12BrN3O/c1-8-2-10(4-11(13)3-8)12(17)14-5-9-6-15-16-7-9/h2-4,6-7H,5H2,1H3,(H,14,17)(H,15,16). The van der Waals surface area contributed by atoms with Crippen LogP contribution in [0.1, 0.15) is 21.5 Å². The second kappa shape index (κ2) is 5.14. The number of benzene rings is 1. The Kier molecular flexibility index (Phi) is 3.58. The number of carbonyl (C=O) groups excluding carboxylic acids is 1. The first-order valence-electron chi connectivity index (χ1n) is 5.18. The van der Waals surface area contributed by atoms with Crippen LogP contribution in [0.15, 0.2) is 35.1 Å². The maximum atomic E-state index is 11.9. The molecule has 2 N–H and O–H groups in total. The molecule has 88 valence electrons. The number of nitrogens with one attached hydrogen (secondary N) is 2. The molecule has 0 bridgehead atoms. The topological polar surface area (TPSA) is 57.8 Å². The summed E-state index contributed by atoms with van der Waals surface area (Å²) >= 11 is 3.38. The van der Waals surface area contributed by atoms with Crippen molar-refractivity contribution in [1.82, 2.24) is 15.5 Å². The quantitative estimate of drug-likeness (QED) is 0.913. The van der Waals surface area contributed by atoms with Gasteiger partial charge in [0.1, 0.15) is 0 Å². The van der Waals surface area contributed by atoms with E-state index in [4.69, 9.17) is 0 Å². The zero-order chi connectivity index (χ0) is 12.3. The maximum absolute atomic E-state index is 11.9. The molecule has 0 saturated heterocycles. The molecule has 0 radical (unpaired) electrons. The lowest BCUT2D eigenvalue weighted by Crippen LogP contribution is -2.22. The highest BCUT2D eigenvalue weighted by Crippen LogP contribution is 2.15. The smallest absolute Gasteiger partial charge is 0.251 e. The van der Waals surface area contributed by atoms with Crippen molar-refractivity contribution in [3.05, 3.63) is 51.8 Å². The van der Waals surface area contributed by atoms with Gasteiger partial charge in [0.2, 0.25) is 0 Å². The molecule has 1 heterocycles. The van der Waals surface area contributed by atoms with Gasteiger partial charge in [0, 0.05) is 28.3 Å². The number of amides is 1. The number of rotatable bonds is 3. The minimum absolute atomic E-state index is 0.0874. The number of carbonyl (C=O) groups is 1. The fourth-order valence-electron chi connectivity index (χ4n) is 1.53. The Morgan fingerprint density at radius 3 is 2.94 bits per heavy atom. The summed E-state index contributed by atoms with van der Waals surface area (Å²) in [5.41, 5.74) is 2.65. The van der Waals surface area contributed by atoms with Gasteiger partial charge in [0.05, 0.1) is 6.20 Å². The average molecular weight is 294 g/mol. The number of aromatic amines is 1. The average Bonchev–Trinajstić information content (AvgIpc) is 2.77. The van der Waals surface area contributed by atoms with Crippen LogP contribution >= 0.6 is 15.9 Å². The van der Waals surface area contributed by atoms with Gasteiger partial charge in [-0.1, -0.05) is 15.9 Å². The van der Waals surface area contributed by atoms with E-state index < -0.39 is 0 Å². The van der Waals surface area contributed by atoms with Crippen LogP contribution in [0.5, 0.6) is 0 Å². The van der Waals surface area contributed by atoms with E-state index in [0.29, 0.717) is 12.1 Å². The third-order valence-corrected chi connectivity index (χ3v) is 2.77. The molecule has 0 spiro atoms. The van der Waals surface area contributed by atoms with Crippen molar-refractivity contribution in [2.24, 2.45) is 0 Å². The monoisotopic (exact) mass is 293 g/mol. The molecule has 5 heteroatoms. The number of hydrogen-bond acceptors (Lipinski definition) is 2. The molecule has 1 aromatic carbocycles. The van der Waals surface area contributed by atoms with Crippen LogP contribution in [0.3, 0.4) is 0 Å². The van der Waals surface area contributed by atoms with Crippen LogP contribution in [-0.2, 0) is 6.54 Å². The Morgan fingerprint density at radius 2 is 2.29 bits per heavy atom. The molecule has 1 aromatic heterocycles. The fourth-order valence-corrected chi connectivity index (χ4v) is 2.13. The van der Waals surface area contributed by atoms with Gasteiger partial charge in [0.25, 0.3) is 5.91 Å². The molecule has 2 rings (SSSR count). The van der Waals surface area contributed by atoms with Gasteiger partial charge in [-0.2, -0.15) is 5.10 Å². The zero-order valence-electron chi connectivity index (χ0n) is 9.33. The van der Waals surface area contributed by atoms with Gasteiger partial charge in [0.15, 0.2) is 0 Å². The molecule has 0 fully saturated rings. The summed E-state index contributed by atoms with van der Waals surface area (Å²) in [5.74, 6) is -0.0874. The van der Waals surface area contributed by atoms with Gasteiger partial charge in [-0.25, -0.2) is 0 Å². The number of nitrogens with zero attached hydrogens (tertiary/aromatic N) is 1. The van der Waals surface area contributed by atoms with Gasteiger partial charge in [-0.15, -0.1) is 0 Å². The lowest BCUT2D eigenvalue weighted by atomic mass is 10.1. The second-order valence-corrected chi connectivity index (χ2v) is 4.72. The van der Waals surface area contributed by atoms with Crippen molar-refractivity contribution in [2.45, 2.75) is 13.5 Å². The number of H-pyrrole nitrogens is 1. The molecule has 2 aromatic rings. The predicted octanol–water partition coefficient (Wildman–Crippen LogP) is 2.41. The normalized spacial score (nSPS) is 10.2. The SMILES string of the molecule is Cc1cc(Br)cc(C(=O)NCc2cn[nH]c2)c1. The van der Waals surface area contributed by atoms with Crippen LogP contribution in [0.2, 0.25) is 0 Å². The van der Waals surface area contributed by atoms with Crippen molar-refractivity contribution in [2.75, 3.05) is 0 Å². The minimum Gasteiger partial charge on any atom is -0.348 e. The van der Waals surface area contributed by atoms with Gasteiger partial charge in [-0.05, 0) is 30.7 Å². The van der Waals surface area contributed by atoms with Gasteiger partial charge >= 0.3 is 0 Å². The molecule has 1 amide bonds. The van der Waals surface area contributed by atoms with Crippen molar-refractivity contribution in [3.63, 3.8) is 0 Å². The Bertz CT molecular complexity index is 502. The molecule has 0 aliphatic heterocycles. The summed E-state index contributed by atoms with van der Waals surface area (Å²) in [4.78, 5) is 11.9. The summed E-state index contributed by atoms with van der Waals surface area (Å²) in [5, 5.41) is 9.36. The first-order chi connectivity index (χ1) is 8.15. The van der Waals surface area contributed by atoms with Crippen LogP contribution in [0, 0.1) is 6.92 Å². The molecule has 0 saturated carbocycles. The number of halogens is 1. The second-order valence-electron chi connectivity index (χ2n) is 3.81. The van der Waals surface area contributed by atoms with Gasteiger partial charge < -0.3 is 5.32 Å². The van der Waals surface area contributed by atoms with E-state index in [1.54, 1.807) is 18.5 Å². The van der Waals surface area contributed by atoms with E-state index >= 15 is 0 Å². The largest absolute Gasteiger partial charge is 0.348 e. The van der Waals surface area contributed by atoms with Crippen LogP contribution < -0.4 is 5.32 Å². The van der Waals surface area contributed by atoms with Crippen molar-refractivity contribution < 1.29 is 4.79 Å². The van der Waals surface area contributed by atoms with E-state index in [1.807, 2.05) is 19.1 Å². The Morgan fingerprint density at radius 1 is 1.47 bits per heavy atom. The lowest BCUT2D eigenvalue weighted by Gasteiger charge is -2.05. The minimum atomic E-state index is -0.0874. The van der Waals surface area contributed by atoms with E-state index in [9.17, 15) is 4.79 Å². The highest BCUT2D eigenvalue weighted by Gasteiger charge is 2.06. The van der Waals surface area contributed by atoms with Crippen LogP contribution in [0.4, 0.5) is 0 Å². The Hall–Kier alpha value is -1.62. The summed E-state index contributed by atoms with van der Waals surface area (Å²) in [6.07, 6.45) is 3.44. The molecular weight excluding hydrogens is 282 g/mol. The predicted molar refractivity (Wildman–Crippen MR) is 68.6 cm³/mol. The molecule has 17 heavy (non-hydrogen) atoms.